The Bertz CT molecular complexity index is 1040. The van der Waals surface area contributed by atoms with Gasteiger partial charge in [0.1, 0.15) is 17.0 Å². The van der Waals surface area contributed by atoms with Crippen LogP contribution in [0.5, 0.6) is 0 Å². The number of nitrogens with zero attached hydrogens (tertiary/aromatic N) is 2. The number of rotatable bonds is 3. The van der Waals surface area contributed by atoms with Crippen molar-refractivity contribution in [3.05, 3.63) is 75.0 Å². The second kappa shape index (κ2) is 6.75. The Hall–Kier alpha value is -2.77. The number of aryl methyl sites for hydroxylation is 1. The summed E-state index contributed by atoms with van der Waals surface area (Å²) in [6.07, 6.45) is 1.75. The second-order valence-electron chi connectivity index (χ2n) is 6.78. The molecule has 7 heteroatoms. The number of nitrogens with one attached hydrogen (secondary N) is 1. The smallest absolute Gasteiger partial charge is 0.264 e. The van der Waals surface area contributed by atoms with E-state index in [2.05, 4.69) is 9.97 Å². The molecule has 1 atom stereocenters. The SMILES string of the molecule is Cc1ccccc1[C@@]1(O)CCN(C(=O)c2cnc(-c3cccs3)[nH]c2=O)C1. The molecule has 4 rings (SSSR count). The van der Waals surface area contributed by atoms with Crippen molar-refractivity contribution in [1.29, 1.82) is 0 Å². The number of carbonyl (C=O) groups is 1. The van der Waals surface area contributed by atoms with Crippen LogP contribution < -0.4 is 5.56 Å². The van der Waals surface area contributed by atoms with Crippen LogP contribution >= 0.6 is 11.3 Å². The first kappa shape index (κ1) is 17.6. The molecule has 0 saturated carbocycles. The van der Waals surface area contributed by atoms with E-state index in [1.807, 2.05) is 48.7 Å². The standard InChI is InChI=1S/C20H19N3O3S/c1-13-5-2-3-6-15(13)20(26)8-9-23(12-20)19(25)14-11-21-17(22-18(14)24)16-7-4-10-27-16/h2-7,10-11,26H,8-9,12H2,1H3,(H,21,22,24)/t20-/m1/s1. The third-order valence-electron chi connectivity index (χ3n) is 4.97. The zero-order chi connectivity index (χ0) is 19.0. The minimum Gasteiger partial charge on any atom is -0.383 e. The molecule has 0 unspecified atom stereocenters. The van der Waals surface area contributed by atoms with Crippen molar-refractivity contribution in [3.8, 4) is 10.7 Å². The number of H-pyrrole nitrogens is 1. The summed E-state index contributed by atoms with van der Waals surface area (Å²) >= 11 is 1.46. The van der Waals surface area contributed by atoms with Gasteiger partial charge < -0.3 is 15.0 Å². The van der Waals surface area contributed by atoms with Crippen molar-refractivity contribution in [1.82, 2.24) is 14.9 Å². The first-order chi connectivity index (χ1) is 13.0. The highest BCUT2D eigenvalue weighted by molar-refractivity contribution is 7.13. The minimum absolute atomic E-state index is 0.00987. The molecule has 3 aromatic rings. The molecule has 2 aromatic heterocycles. The van der Waals surface area contributed by atoms with E-state index >= 15 is 0 Å². The Morgan fingerprint density at radius 2 is 2.11 bits per heavy atom. The maximum atomic E-state index is 12.8. The number of aromatic nitrogens is 2. The fraction of sp³-hybridized carbons (Fsp3) is 0.250. The van der Waals surface area contributed by atoms with Crippen LogP contribution in [0.3, 0.4) is 0 Å². The highest BCUT2D eigenvalue weighted by atomic mass is 32.1. The Morgan fingerprint density at radius 1 is 1.30 bits per heavy atom. The number of benzene rings is 1. The molecule has 138 valence electrons. The van der Waals surface area contributed by atoms with Crippen molar-refractivity contribution in [2.45, 2.75) is 18.9 Å². The summed E-state index contributed by atoms with van der Waals surface area (Å²) in [5.74, 6) is 0.0374. The van der Waals surface area contributed by atoms with Crippen LogP contribution in [0, 0.1) is 6.92 Å². The van der Waals surface area contributed by atoms with E-state index in [4.69, 9.17) is 0 Å². The molecule has 27 heavy (non-hydrogen) atoms. The maximum Gasteiger partial charge on any atom is 0.264 e. The molecule has 6 nitrogen and oxygen atoms in total. The van der Waals surface area contributed by atoms with E-state index in [0.717, 1.165) is 16.0 Å². The zero-order valence-electron chi connectivity index (χ0n) is 14.8. The topological polar surface area (TPSA) is 86.3 Å². The highest BCUT2D eigenvalue weighted by Gasteiger charge is 2.41. The van der Waals surface area contributed by atoms with Crippen molar-refractivity contribution in [2.24, 2.45) is 0 Å². The van der Waals surface area contributed by atoms with E-state index < -0.39 is 17.1 Å². The Morgan fingerprint density at radius 3 is 2.81 bits per heavy atom. The molecule has 1 saturated heterocycles. The van der Waals surface area contributed by atoms with Crippen LogP contribution in [-0.2, 0) is 5.60 Å². The first-order valence-corrected chi connectivity index (χ1v) is 9.57. The lowest BCUT2D eigenvalue weighted by Gasteiger charge is -2.25. The normalized spacial score (nSPS) is 19.4. The van der Waals surface area contributed by atoms with Gasteiger partial charge in [-0.2, -0.15) is 0 Å². The average Bonchev–Trinajstić information content (AvgIpc) is 3.32. The summed E-state index contributed by atoms with van der Waals surface area (Å²) in [6.45, 7) is 2.48. The molecule has 1 fully saturated rings. The number of hydrogen-bond donors (Lipinski definition) is 2. The van der Waals surface area contributed by atoms with E-state index in [0.29, 0.717) is 18.8 Å². The lowest BCUT2D eigenvalue weighted by Crippen LogP contribution is -2.37. The number of carbonyl (C=O) groups excluding carboxylic acids is 1. The van der Waals surface area contributed by atoms with Gasteiger partial charge in [-0.25, -0.2) is 4.98 Å². The van der Waals surface area contributed by atoms with Crippen LogP contribution in [-0.4, -0.2) is 39.0 Å². The number of likely N-dealkylation sites (tertiary alicyclic amines) is 1. The van der Waals surface area contributed by atoms with E-state index in [1.54, 1.807) is 0 Å². The Balaban J connectivity index is 1.58. The third-order valence-corrected chi connectivity index (χ3v) is 5.84. The summed E-state index contributed by atoms with van der Waals surface area (Å²) in [7, 11) is 0. The summed E-state index contributed by atoms with van der Waals surface area (Å²) in [4.78, 5) is 34.5. The molecule has 0 radical (unpaired) electrons. The van der Waals surface area contributed by atoms with Crippen LogP contribution in [0.15, 0.2) is 52.8 Å². The molecule has 3 heterocycles. The Labute approximate surface area is 160 Å². The van der Waals surface area contributed by atoms with Crippen LogP contribution in [0.1, 0.15) is 27.9 Å². The van der Waals surface area contributed by atoms with Crippen molar-refractivity contribution in [3.63, 3.8) is 0 Å². The summed E-state index contributed by atoms with van der Waals surface area (Å²) in [5, 5.41) is 12.9. The predicted octanol–water partition coefficient (Wildman–Crippen LogP) is 2.54. The van der Waals surface area contributed by atoms with Gasteiger partial charge in [-0.15, -0.1) is 11.3 Å². The third kappa shape index (κ3) is 3.20. The predicted molar refractivity (Wildman–Crippen MR) is 104 cm³/mol. The van der Waals surface area contributed by atoms with Gasteiger partial charge in [0, 0.05) is 12.7 Å². The Kier molecular flexibility index (Phi) is 4.41. The fourth-order valence-corrected chi connectivity index (χ4v) is 4.21. The largest absolute Gasteiger partial charge is 0.383 e. The number of β-amino-alcohol motifs (C(OH)–C–C–N with tert-alkyl or cyclic N) is 1. The minimum atomic E-state index is -1.10. The molecule has 1 aliphatic rings. The van der Waals surface area contributed by atoms with Crippen molar-refractivity contribution < 1.29 is 9.90 Å². The van der Waals surface area contributed by atoms with Crippen LogP contribution in [0.4, 0.5) is 0 Å². The highest BCUT2D eigenvalue weighted by Crippen LogP contribution is 2.34. The molecule has 0 aliphatic carbocycles. The van der Waals surface area contributed by atoms with Crippen LogP contribution in [0.2, 0.25) is 0 Å². The molecule has 0 spiro atoms. The molecular formula is C20H19N3O3S. The van der Waals surface area contributed by atoms with E-state index in [1.165, 1.54) is 22.4 Å². The van der Waals surface area contributed by atoms with Crippen molar-refractivity contribution >= 4 is 17.2 Å². The first-order valence-electron chi connectivity index (χ1n) is 8.69. The number of amides is 1. The van der Waals surface area contributed by atoms with Gasteiger partial charge in [0.15, 0.2) is 0 Å². The number of thiophene rings is 1. The quantitative estimate of drug-likeness (QED) is 0.730. The summed E-state index contributed by atoms with van der Waals surface area (Å²) < 4.78 is 0. The molecule has 2 N–H and O–H groups in total. The van der Waals surface area contributed by atoms with E-state index in [9.17, 15) is 14.7 Å². The average molecular weight is 381 g/mol. The summed E-state index contributed by atoms with van der Waals surface area (Å²) in [6, 6.07) is 11.3. The van der Waals surface area contributed by atoms with Gasteiger partial charge >= 0.3 is 0 Å². The number of aromatic amines is 1. The fourth-order valence-electron chi connectivity index (χ4n) is 3.54. The van der Waals surface area contributed by atoms with Crippen molar-refractivity contribution in [2.75, 3.05) is 13.1 Å². The van der Waals surface area contributed by atoms with E-state index in [-0.39, 0.29) is 12.1 Å². The number of hydrogen-bond acceptors (Lipinski definition) is 5. The van der Waals surface area contributed by atoms with Gasteiger partial charge in [0.25, 0.3) is 11.5 Å². The molecule has 1 aromatic carbocycles. The lowest BCUT2D eigenvalue weighted by atomic mass is 9.89. The second-order valence-corrected chi connectivity index (χ2v) is 7.72. The van der Waals surface area contributed by atoms with Gasteiger partial charge in [0.05, 0.1) is 11.4 Å². The maximum absolute atomic E-state index is 12.8. The molecule has 1 aliphatic heterocycles. The molecular weight excluding hydrogens is 362 g/mol. The molecule has 0 bridgehead atoms. The number of aliphatic hydroxyl groups is 1. The summed E-state index contributed by atoms with van der Waals surface area (Å²) in [5.41, 5.74) is 0.224. The lowest BCUT2D eigenvalue weighted by molar-refractivity contribution is 0.0412. The van der Waals surface area contributed by atoms with Gasteiger partial charge in [0.2, 0.25) is 0 Å². The molecule has 1 amide bonds. The van der Waals surface area contributed by atoms with Gasteiger partial charge in [-0.3, -0.25) is 9.59 Å². The van der Waals surface area contributed by atoms with Gasteiger partial charge in [-0.1, -0.05) is 30.3 Å². The monoisotopic (exact) mass is 381 g/mol. The van der Waals surface area contributed by atoms with Gasteiger partial charge in [-0.05, 0) is 35.9 Å². The van der Waals surface area contributed by atoms with Crippen LogP contribution in [0.25, 0.3) is 10.7 Å². The zero-order valence-corrected chi connectivity index (χ0v) is 15.6.